The summed E-state index contributed by atoms with van der Waals surface area (Å²) in [6.07, 6.45) is 0.631. The van der Waals surface area contributed by atoms with Crippen LogP contribution in [0.15, 0.2) is 24.3 Å². The zero-order chi connectivity index (χ0) is 23.8. The number of rotatable bonds is 5. The summed E-state index contributed by atoms with van der Waals surface area (Å²) in [5.41, 5.74) is 4.65. The zero-order valence-corrected chi connectivity index (χ0v) is 20.7. The highest BCUT2D eigenvalue weighted by Gasteiger charge is 2.35. The lowest BCUT2D eigenvalue weighted by molar-refractivity contribution is -0.0903. The Kier molecular flexibility index (Phi) is 7.62. The molecule has 0 radical (unpaired) electrons. The molecular weight excluding hydrogens is 473 g/mol. The lowest BCUT2D eigenvalue weighted by Crippen LogP contribution is -2.58. The topological polar surface area (TPSA) is 75.0 Å². The molecule has 3 heterocycles. The monoisotopic (exact) mass is 501 g/mol. The standard InChI is InChI=1S/C26H28FN3O4.ClH/c1-16-20(5-6-21-22(16)15-34-26(21)31)23-13-30-10-9-29(12-19(30)14-33-23)8-7-17-3-4-18(11-28)24(27)25(17)32-2;/h3-6,19,23H,7-10,12-15H2,1-2H3;1H/t19-,23-;/m0./s1. The Hall–Kier alpha value is -2.70. The summed E-state index contributed by atoms with van der Waals surface area (Å²) in [5, 5.41) is 9.04. The van der Waals surface area contributed by atoms with Crippen LogP contribution in [0.25, 0.3) is 0 Å². The number of hydrogen-bond acceptors (Lipinski definition) is 7. The maximum absolute atomic E-state index is 14.4. The van der Waals surface area contributed by atoms with E-state index in [9.17, 15) is 9.18 Å². The fraction of sp³-hybridized carbons (Fsp3) is 0.462. The molecule has 7 nitrogen and oxygen atoms in total. The molecule has 0 amide bonds. The quantitative estimate of drug-likeness (QED) is 0.581. The highest BCUT2D eigenvalue weighted by molar-refractivity contribution is 5.94. The Bertz CT molecular complexity index is 1170. The van der Waals surface area contributed by atoms with Gasteiger partial charge in [-0.05, 0) is 42.2 Å². The normalized spacial score (nSPS) is 21.9. The summed E-state index contributed by atoms with van der Waals surface area (Å²) < 4.78 is 31.1. The van der Waals surface area contributed by atoms with Crippen LogP contribution in [-0.2, 0) is 22.5 Å². The largest absolute Gasteiger partial charge is 0.493 e. The Morgan fingerprint density at radius 3 is 2.83 bits per heavy atom. The van der Waals surface area contributed by atoms with E-state index < -0.39 is 5.82 Å². The van der Waals surface area contributed by atoms with Gasteiger partial charge in [0, 0.05) is 44.3 Å². The molecule has 0 unspecified atom stereocenters. The highest BCUT2D eigenvalue weighted by atomic mass is 35.5. The first-order valence-electron chi connectivity index (χ1n) is 11.6. The zero-order valence-electron chi connectivity index (χ0n) is 19.9. The van der Waals surface area contributed by atoms with Crippen molar-refractivity contribution in [1.82, 2.24) is 9.80 Å². The first-order valence-corrected chi connectivity index (χ1v) is 11.6. The van der Waals surface area contributed by atoms with E-state index in [1.807, 2.05) is 25.1 Å². The van der Waals surface area contributed by atoms with Gasteiger partial charge in [0.05, 0.1) is 30.9 Å². The molecule has 3 aliphatic heterocycles. The fourth-order valence-electron chi connectivity index (χ4n) is 5.33. The number of esters is 1. The Morgan fingerprint density at radius 2 is 2.06 bits per heavy atom. The highest BCUT2D eigenvalue weighted by Crippen LogP contribution is 2.34. The van der Waals surface area contributed by atoms with Crippen molar-refractivity contribution in [3.05, 3.63) is 63.5 Å². The third-order valence-electron chi connectivity index (χ3n) is 7.33. The fourth-order valence-corrected chi connectivity index (χ4v) is 5.33. The lowest BCUT2D eigenvalue weighted by Gasteiger charge is -2.46. The van der Waals surface area contributed by atoms with Crippen LogP contribution in [0, 0.1) is 24.1 Å². The van der Waals surface area contributed by atoms with E-state index in [1.165, 1.54) is 13.2 Å². The van der Waals surface area contributed by atoms with Gasteiger partial charge in [0.25, 0.3) is 0 Å². The van der Waals surface area contributed by atoms with Crippen LogP contribution < -0.4 is 4.74 Å². The van der Waals surface area contributed by atoms with Crippen LogP contribution in [0.1, 0.15) is 44.3 Å². The predicted octanol–water partition coefficient (Wildman–Crippen LogP) is 3.41. The van der Waals surface area contributed by atoms with Gasteiger partial charge in [-0.15, -0.1) is 12.4 Å². The number of piperazine rings is 1. The Morgan fingerprint density at radius 1 is 1.23 bits per heavy atom. The molecule has 0 bridgehead atoms. The number of ether oxygens (including phenoxy) is 3. The van der Waals surface area contributed by atoms with E-state index in [2.05, 4.69) is 9.80 Å². The van der Waals surface area contributed by atoms with Gasteiger partial charge in [0.15, 0.2) is 11.6 Å². The Balaban J connectivity index is 0.00000289. The number of nitriles is 1. The molecule has 2 atom stereocenters. The van der Waals surface area contributed by atoms with Gasteiger partial charge in [-0.25, -0.2) is 9.18 Å². The third-order valence-corrected chi connectivity index (χ3v) is 7.33. The van der Waals surface area contributed by atoms with Gasteiger partial charge in [-0.3, -0.25) is 4.90 Å². The van der Waals surface area contributed by atoms with E-state index in [1.54, 1.807) is 6.07 Å². The van der Waals surface area contributed by atoms with Crippen molar-refractivity contribution < 1.29 is 23.4 Å². The maximum atomic E-state index is 14.4. The molecule has 2 saturated heterocycles. The van der Waals surface area contributed by atoms with E-state index in [0.717, 1.165) is 55.0 Å². The van der Waals surface area contributed by atoms with Crippen LogP contribution >= 0.6 is 12.4 Å². The van der Waals surface area contributed by atoms with E-state index in [4.69, 9.17) is 19.5 Å². The van der Waals surface area contributed by atoms with Crippen molar-refractivity contribution in [2.24, 2.45) is 0 Å². The molecule has 186 valence electrons. The molecule has 5 rings (SSSR count). The molecule has 2 aromatic rings. The molecule has 3 aliphatic rings. The second kappa shape index (κ2) is 10.5. The van der Waals surface area contributed by atoms with Crippen molar-refractivity contribution in [1.29, 1.82) is 5.26 Å². The van der Waals surface area contributed by atoms with E-state index in [-0.39, 0.29) is 35.8 Å². The van der Waals surface area contributed by atoms with Gasteiger partial charge in [0.1, 0.15) is 12.7 Å². The van der Waals surface area contributed by atoms with E-state index in [0.29, 0.717) is 31.2 Å². The molecule has 2 aromatic carbocycles. The number of fused-ring (bicyclic) bond motifs is 2. The summed E-state index contributed by atoms with van der Waals surface area (Å²) in [6, 6.07) is 9.34. The van der Waals surface area contributed by atoms with Crippen LogP contribution in [0.3, 0.4) is 0 Å². The number of benzene rings is 2. The van der Waals surface area contributed by atoms with Crippen molar-refractivity contribution in [2.45, 2.75) is 32.1 Å². The first kappa shape index (κ1) is 25.4. The van der Waals surface area contributed by atoms with Crippen molar-refractivity contribution in [3.8, 4) is 11.8 Å². The molecule has 0 spiro atoms. The number of carbonyl (C=O) groups is 1. The molecular formula is C26H29ClFN3O4. The second-order valence-electron chi connectivity index (χ2n) is 9.13. The third kappa shape index (κ3) is 4.74. The summed E-state index contributed by atoms with van der Waals surface area (Å²) in [5.74, 6) is -0.665. The number of nitrogens with zero attached hydrogens (tertiary/aromatic N) is 3. The van der Waals surface area contributed by atoms with Crippen LogP contribution in [-0.4, -0.2) is 68.3 Å². The first-order chi connectivity index (χ1) is 16.5. The summed E-state index contributed by atoms with van der Waals surface area (Å²) >= 11 is 0. The molecule has 0 aromatic heterocycles. The minimum absolute atomic E-state index is 0. The molecule has 9 heteroatoms. The second-order valence-corrected chi connectivity index (χ2v) is 9.13. The number of morpholine rings is 1. The van der Waals surface area contributed by atoms with Gasteiger partial charge in [-0.1, -0.05) is 12.1 Å². The summed E-state index contributed by atoms with van der Waals surface area (Å²) in [6.45, 7) is 7.39. The number of carbonyl (C=O) groups excluding carboxylic acids is 1. The minimum atomic E-state index is -0.586. The number of hydrogen-bond donors (Lipinski definition) is 0. The molecule has 2 fully saturated rings. The molecule has 0 aliphatic carbocycles. The van der Waals surface area contributed by atoms with Gasteiger partial charge < -0.3 is 19.1 Å². The average Bonchev–Trinajstić information content (AvgIpc) is 3.24. The molecule has 0 N–H and O–H groups in total. The maximum Gasteiger partial charge on any atom is 0.338 e. The van der Waals surface area contributed by atoms with Gasteiger partial charge >= 0.3 is 5.97 Å². The minimum Gasteiger partial charge on any atom is -0.493 e. The van der Waals surface area contributed by atoms with Crippen LogP contribution in [0.2, 0.25) is 0 Å². The molecule has 35 heavy (non-hydrogen) atoms. The predicted molar refractivity (Wildman–Crippen MR) is 129 cm³/mol. The van der Waals surface area contributed by atoms with Crippen LogP contribution in [0.4, 0.5) is 4.39 Å². The number of methoxy groups -OCH3 is 1. The summed E-state index contributed by atoms with van der Waals surface area (Å²) in [4.78, 5) is 16.7. The van der Waals surface area contributed by atoms with Gasteiger partial charge in [-0.2, -0.15) is 5.26 Å². The molecule has 0 saturated carbocycles. The smallest absolute Gasteiger partial charge is 0.338 e. The van der Waals surface area contributed by atoms with Crippen molar-refractivity contribution in [3.63, 3.8) is 0 Å². The van der Waals surface area contributed by atoms with E-state index >= 15 is 0 Å². The van der Waals surface area contributed by atoms with Crippen LogP contribution in [0.5, 0.6) is 5.75 Å². The Labute approximate surface area is 210 Å². The SMILES string of the molecule is COc1c(CCN2CCN3C[C@@H](c4ccc5c(c4C)COC5=O)OC[C@@H]3C2)ccc(C#N)c1F.Cl. The van der Waals surface area contributed by atoms with Crippen molar-refractivity contribution >= 4 is 18.4 Å². The van der Waals surface area contributed by atoms with Gasteiger partial charge in [0.2, 0.25) is 0 Å². The average molecular weight is 502 g/mol. The summed E-state index contributed by atoms with van der Waals surface area (Å²) in [7, 11) is 1.44. The number of cyclic esters (lactones) is 1. The number of halogens is 2. The lowest BCUT2D eigenvalue weighted by atomic mass is 9.94. The van der Waals surface area contributed by atoms with Crippen molar-refractivity contribution in [2.75, 3.05) is 46.4 Å².